The first kappa shape index (κ1) is 10.6. The summed E-state index contributed by atoms with van der Waals surface area (Å²) in [7, 11) is 0. The summed E-state index contributed by atoms with van der Waals surface area (Å²) < 4.78 is 0. The van der Waals surface area contributed by atoms with Crippen LogP contribution in [0.15, 0.2) is 0 Å². The molecule has 14 heavy (non-hydrogen) atoms. The molecule has 2 N–H and O–H groups in total. The third-order valence-electron chi connectivity index (χ3n) is 2.11. The van der Waals surface area contributed by atoms with Crippen molar-refractivity contribution in [3.63, 3.8) is 0 Å². The predicted molar refractivity (Wildman–Crippen MR) is 52.2 cm³/mol. The average Bonchev–Trinajstić information content (AvgIpc) is 2.59. The molecule has 0 bridgehead atoms. The van der Waals surface area contributed by atoms with Gasteiger partial charge in [0.05, 0.1) is 0 Å². The van der Waals surface area contributed by atoms with E-state index in [4.69, 9.17) is 6.42 Å². The highest BCUT2D eigenvalue weighted by Crippen LogP contribution is 2.05. The number of unbranched alkanes of at least 4 members (excludes halogenated alkanes) is 1. The van der Waals surface area contributed by atoms with Crippen LogP contribution in [0.5, 0.6) is 0 Å². The van der Waals surface area contributed by atoms with Gasteiger partial charge >= 0.3 is 0 Å². The zero-order chi connectivity index (χ0) is 10.4. The topological polar surface area (TPSA) is 58.2 Å². The molecule has 1 aliphatic rings. The molecule has 1 aliphatic heterocycles. The van der Waals surface area contributed by atoms with Gasteiger partial charge < -0.3 is 10.6 Å². The van der Waals surface area contributed by atoms with E-state index in [1.165, 1.54) is 0 Å². The number of nitrogens with one attached hydrogen (secondary N) is 2. The van der Waals surface area contributed by atoms with Crippen molar-refractivity contribution >= 4 is 11.8 Å². The van der Waals surface area contributed by atoms with Gasteiger partial charge in [-0.2, -0.15) is 0 Å². The molecule has 0 spiro atoms. The quantitative estimate of drug-likeness (QED) is 0.481. The molecule has 1 rings (SSSR count). The Morgan fingerprint density at radius 2 is 2.50 bits per heavy atom. The summed E-state index contributed by atoms with van der Waals surface area (Å²) in [4.78, 5) is 22.2. The Morgan fingerprint density at radius 3 is 3.07 bits per heavy atom. The van der Waals surface area contributed by atoms with Crippen LogP contribution in [-0.4, -0.2) is 24.4 Å². The monoisotopic (exact) mass is 194 g/mol. The second-order valence-electron chi connectivity index (χ2n) is 3.26. The van der Waals surface area contributed by atoms with E-state index in [1.54, 1.807) is 0 Å². The molecule has 0 aromatic carbocycles. The summed E-state index contributed by atoms with van der Waals surface area (Å²) in [5.41, 5.74) is 0. The van der Waals surface area contributed by atoms with Crippen molar-refractivity contribution in [2.45, 2.75) is 31.7 Å². The Hall–Kier alpha value is -1.50. The second kappa shape index (κ2) is 5.28. The van der Waals surface area contributed by atoms with Crippen LogP contribution < -0.4 is 10.6 Å². The smallest absolute Gasteiger partial charge is 0.242 e. The Bertz CT molecular complexity index is 268. The fraction of sp³-hybridized carbons (Fsp3) is 0.600. The van der Waals surface area contributed by atoms with Gasteiger partial charge in [-0.15, -0.1) is 12.3 Å². The van der Waals surface area contributed by atoms with Crippen LogP contribution in [0.25, 0.3) is 0 Å². The first-order valence-corrected chi connectivity index (χ1v) is 4.74. The molecule has 1 saturated heterocycles. The Kier molecular flexibility index (Phi) is 3.99. The maximum atomic E-state index is 11.4. The Labute approximate surface area is 83.4 Å². The molecular formula is C10H14N2O2. The molecule has 1 atom stereocenters. The summed E-state index contributed by atoms with van der Waals surface area (Å²) in [5, 5.41) is 5.33. The van der Waals surface area contributed by atoms with Crippen molar-refractivity contribution in [2.24, 2.45) is 0 Å². The Balaban J connectivity index is 2.16. The number of hydrogen-bond acceptors (Lipinski definition) is 2. The molecule has 76 valence electrons. The average molecular weight is 194 g/mol. The molecule has 0 aromatic heterocycles. The largest absolute Gasteiger partial charge is 0.354 e. The zero-order valence-electron chi connectivity index (χ0n) is 8.01. The van der Waals surface area contributed by atoms with Gasteiger partial charge in [0.1, 0.15) is 6.04 Å². The van der Waals surface area contributed by atoms with Crippen molar-refractivity contribution in [3.8, 4) is 12.3 Å². The summed E-state index contributed by atoms with van der Waals surface area (Å²) in [6, 6.07) is -0.340. The minimum Gasteiger partial charge on any atom is -0.354 e. The highest BCUT2D eigenvalue weighted by Gasteiger charge is 2.26. The first-order chi connectivity index (χ1) is 6.74. The summed E-state index contributed by atoms with van der Waals surface area (Å²) >= 11 is 0. The van der Waals surface area contributed by atoms with E-state index in [1.807, 2.05) is 0 Å². The van der Waals surface area contributed by atoms with Crippen LogP contribution >= 0.6 is 0 Å². The molecule has 0 radical (unpaired) electrons. The van der Waals surface area contributed by atoms with Crippen LogP contribution in [-0.2, 0) is 9.59 Å². The molecule has 1 heterocycles. The van der Waals surface area contributed by atoms with Crippen LogP contribution in [0.3, 0.4) is 0 Å². The van der Waals surface area contributed by atoms with E-state index in [-0.39, 0.29) is 17.9 Å². The van der Waals surface area contributed by atoms with Crippen LogP contribution in [0.4, 0.5) is 0 Å². The first-order valence-electron chi connectivity index (χ1n) is 4.74. The van der Waals surface area contributed by atoms with E-state index in [0.29, 0.717) is 25.8 Å². The van der Waals surface area contributed by atoms with Gasteiger partial charge in [0, 0.05) is 19.4 Å². The van der Waals surface area contributed by atoms with Gasteiger partial charge in [0.15, 0.2) is 0 Å². The second-order valence-corrected chi connectivity index (χ2v) is 3.26. The van der Waals surface area contributed by atoms with Crippen LogP contribution in [0.1, 0.15) is 25.7 Å². The van der Waals surface area contributed by atoms with Crippen LogP contribution in [0, 0.1) is 12.3 Å². The fourth-order valence-electron chi connectivity index (χ4n) is 1.34. The van der Waals surface area contributed by atoms with Crippen molar-refractivity contribution in [3.05, 3.63) is 0 Å². The van der Waals surface area contributed by atoms with Crippen molar-refractivity contribution in [1.82, 2.24) is 10.6 Å². The summed E-state index contributed by atoms with van der Waals surface area (Å²) in [6.07, 6.45) is 7.55. The van der Waals surface area contributed by atoms with Gasteiger partial charge in [-0.05, 0) is 12.8 Å². The molecule has 0 saturated carbocycles. The van der Waals surface area contributed by atoms with Crippen molar-refractivity contribution < 1.29 is 9.59 Å². The van der Waals surface area contributed by atoms with Gasteiger partial charge in [0.2, 0.25) is 11.8 Å². The van der Waals surface area contributed by atoms with Gasteiger partial charge in [-0.3, -0.25) is 9.59 Å². The van der Waals surface area contributed by atoms with E-state index in [2.05, 4.69) is 16.6 Å². The molecular weight excluding hydrogens is 180 g/mol. The lowest BCUT2D eigenvalue weighted by Crippen LogP contribution is -2.41. The third-order valence-corrected chi connectivity index (χ3v) is 2.11. The van der Waals surface area contributed by atoms with E-state index < -0.39 is 0 Å². The maximum Gasteiger partial charge on any atom is 0.242 e. The lowest BCUT2D eigenvalue weighted by Gasteiger charge is -2.09. The van der Waals surface area contributed by atoms with E-state index in [0.717, 1.165) is 6.42 Å². The maximum absolute atomic E-state index is 11.4. The van der Waals surface area contributed by atoms with Gasteiger partial charge in [-0.1, -0.05) is 0 Å². The van der Waals surface area contributed by atoms with E-state index >= 15 is 0 Å². The SMILES string of the molecule is C#CCCCNC(=O)[C@H]1CCC(=O)N1. The van der Waals surface area contributed by atoms with Gasteiger partial charge in [0.25, 0.3) is 0 Å². The number of rotatable bonds is 4. The van der Waals surface area contributed by atoms with Gasteiger partial charge in [-0.25, -0.2) is 0 Å². The molecule has 0 unspecified atom stereocenters. The molecule has 1 fully saturated rings. The molecule has 2 amide bonds. The zero-order valence-corrected chi connectivity index (χ0v) is 8.01. The number of terminal acetylenes is 1. The number of hydrogen-bond donors (Lipinski definition) is 2. The summed E-state index contributed by atoms with van der Waals surface area (Å²) in [6.45, 7) is 0.579. The molecule has 0 aliphatic carbocycles. The summed E-state index contributed by atoms with van der Waals surface area (Å²) in [5.74, 6) is 2.35. The predicted octanol–water partition coefficient (Wildman–Crippen LogP) is -0.205. The van der Waals surface area contributed by atoms with Crippen molar-refractivity contribution in [2.75, 3.05) is 6.54 Å². The molecule has 4 heteroatoms. The third kappa shape index (κ3) is 3.09. The lowest BCUT2D eigenvalue weighted by atomic mass is 10.2. The number of carbonyl (C=O) groups is 2. The molecule has 0 aromatic rings. The minimum atomic E-state index is -0.340. The Morgan fingerprint density at radius 1 is 1.71 bits per heavy atom. The van der Waals surface area contributed by atoms with Crippen LogP contribution in [0.2, 0.25) is 0 Å². The highest BCUT2D eigenvalue weighted by atomic mass is 16.2. The highest BCUT2D eigenvalue weighted by molar-refractivity contribution is 5.90. The minimum absolute atomic E-state index is 0.0474. The molecule has 4 nitrogen and oxygen atoms in total. The lowest BCUT2D eigenvalue weighted by molar-refractivity contribution is -0.125. The number of amides is 2. The van der Waals surface area contributed by atoms with E-state index in [9.17, 15) is 9.59 Å². The standard InChI is InChI=1S/C10H14N2O2/c1-2-3-4-7-11-10(14)8-5-6-9(13)12-8/h1,8H,3-7H2,(H,11,14)(H,12,13)/t8-/m1/s1. The fourth-order valence-corrected chi connectivity index (χ4v) is 1.34. The van der Waals surface area contributed by atoms with Crippen molar-refractivity contribution in [1.29, 1.82) is 0 Å². The normalized spacial score (nSPS) is 19.9. The number of carbonyl (C=O) groups excluding carboxylic acids is 2.